The van der Waals surface area contributed by atoms with Crippen LogP contribution in [-0.4, -0.2) is 24.1 Å². The molecule has 15 heavy (non-hydrogen) atoms. The van der Waals surface area contributed by atoms with Crippen LogP contribution in [0.25, 0.3) is 0 Å². The van der Waals surface area contributed by atoms with Crippen molar-refractivity contribution >= 4 is 5.97 Å². The summed E-state index contributed by atoms with van der Waals surface area (Å²) in [6, 6.07) is 7.40. The Labute approximate surface area is 90.6 Å². The van der Waals surface area contributed by atoms with E-state index in [4.69, 9.17) is 4.84 Å². The van der Waals surface area contributed by atoms with Gasteiger partial charge in [0.05, 0.1) is 5.56 Å². The minimum absolute atomic E-state index is 0.289. The van der Waals surface area contributed by atoms with Gasteiger partial charge in [-0.3, -0.25) is 0 Å². The minimum atomic E-state index is -0.289. The lowest BCUT2D eigenvalue weighted by Gasteiger charge is -2.17. The van der Waals surface area contributed by atoms with Gasteiger partial charge in [0.2, 0.25) is 0 Å². The Balaban J connectivity index is 2.68. The molecule has 82 valence electrons. The van der Waals surface area contributed by atoms with Crippen LogP contribution in [0, 0.1) is 6.92 Å². The van der Waals surface area contributed by atoms with E-state index in [1.807, 2.05) is 39.0 Å². The molecular weight excluding hydrogens is 190 g/mol. The van der Waals surface area contributed by atoms with E-state index in [0.717, 1.165) is 5.56 Å². The first-order valence-electron chi connectivity index (χ1n) is 5.21. The van der Waals surface area contributed by atoms with E-state index in [9.17, 15) is 4.79 Å². The third-order valence-corrected chi connectivity index (χ3v) is 2.17. The largest absolute Gasteiger partial charge is 0.364 e. The number of aryl methyl sites for hydroxylation is 1. The average Bonchev–Trinajstić information content (AvgIpc) is 2.25. The van der Waals surface area contributed by atoms with Crippen molar-refractivity contribution in [2.75, 3.05) is 13.1 Å². The molecule has 0 spiro atoms. The molecule has 1 rings (SSSR count). The number of rotatable bonds is 4. The molecule has 0 radical (unpaired) electrons. The summed E-state index contributed by atoms with van der Waals surface area (Å²) < 4.78 is 0. The quantitative estimate of drug-likeness (QED) is 0.710. The Hall–Kier alpha value is -1.35. The second-order valence-electron chi connectivity index (χ2n) is 3.36. The molecule has 0 amide bonds. The maximum absolute atomic E-state index is 11.7. The number of nitrogens with zero attached hydrogens (tertiary/aromatic N) is 1. The highest BCUT2D eigenvalue weighted by Crippen LogP contribution is 2.06. The van der Waals surface area contributed by atoms with E-state index in [1.165, 1.54) is 0 Å². The number of hydrogen-bond donors (Lipinski definition) is 0. The molecule has 0 aromatic heterocycles. The number of hydroxylamine groups is 2. The fourth-order valence-corrected chi connectivity index (χ4v) is 1.29. The zero-order chi connectivity index (χ0) is 11.3. The third kappa shape index (κ3) is 3.36. The number of carbonyl (C=O) groups is 1. The third-order valence-electron chi connectivity index (χ3n) is 2.17. The first kappa shape index (κ1) is 11.7. The van der Waals surface area contributed by atoms with Crippen molar-refractivity contribution in [3.63, 3.8) is 0 Å². The molecule has 3 nitrogen and oxygen atoms in total. The standard InChI is InChI=1S/C12H17NO2/c1-4-13(5-2)15-12(14)11-8-6-7-10(3)9-11/h6-9H,4-5H2,1-3H3. The summed E-state index contributed by atoms with van der Waals surface area (Å²) in [6.07, 6.45) is 0. The van der Waals surface area contributed by atoms with Crippen molar-refractivity contribution in [2.45, 2.75) is 20.8 Å². The molecule has 0 aliphatic rings. The summed E-state index contributed by atoms with van der Waals surface area (Å²) in [5, 5.41) is 1.63. The summed E-state index contributed by atoms with van der Waals surface area (Å²) >= 11 is 0. The van der Waals surface area contributed by atoms with Gasteiger partial charge in [-0.05, 0) is 32.9 Å². The molecule has 0 unspecified atom stereocenters. The maximum Gasteiger partial charge on any atom is 0.357 e. The van der Waals surface area contributed by atoms with Gasteiger partial charge in [-0.2, -0.15) is 0 Å². The summed E-state index contributed by atoms with van der Waals surface area (Å²) in [6.45, 7) is 7.26. The normalized spacial score (nSPS) is 10.4. The molecule has 3 heteroatoms. The highest BCUT2D eigenvalue weighted by atomic mass is 16.7. The first-order chi connectivity index (χ1) is 7.17. The fraction of sp³-hybridized carbons (Fsp3) is 0.417. The molecule has 0 aliphatic carbocycles. The highest BCUT2D eigenvalue weighted by molar-refractivity contribution is 5.89. The summed E-state index contributed by atoms with van der Waals surface area (Å²) in [4.78, 5) is 16.8. The Morgan fingerprint density at radius 2 is 2.00 bits per heavy atom. The zero-order valence-electron chi connectivity index (χ0n) is 9.49. The maximum atomic E-state index is 11.7. The second kappa shape index (κ2) is 5.51. The monoisotopic (exact) mass is 207 g/mol. The Morgan fingerprint density at radius 3 is 2.53 bits per heavy atom. The number of benzene rings is 1. The van der Waals surface area contributed by atoms with Crippen LogP contribution in [0.5, 0.6) is 0 Å². The lowest BCUT2D eigenvalue weighted by Crippen LogP contribution is -2.26. The van der Waals surface area contributed by atoms with Gasteiger partial charge < -0.3 is 4.84 Å². The second-order valence-corrected chi connectivity index (χ2v) is 3.36. The molecule has 1 aromatic carbocycles. The van der Waals surface area contributed by atoms with Gasteiger partial charge >= 0.3 is 5.97 Å². The molecule has 0 saturated carbocycles. The van der Waals surface area contributed by atoms with Crippen molar-refractivity contribution < 1.29 is 9.63 Å². The highest BCUT2D eigenvalue weighted by Gasteiger charge is 2.10. The average molecular weight is 207 g/mol. The lowest BCUT2D eigenvalue weighted by atomic mass is 10.1. The molecule has 0 fully saturated rings. The Morgan fingerprint density at radius 1 is 1.33 bits per heavy atom. The van der Waals surface area contributed by atoms with Crippen molar-refractivity contribution in [2.24, 2.45) is 0 Å². The Kier molecular flexibility index (Phi) is 4.31. The predicted molar refractivity (Wildman–Crippen MR) is 59.5 cm³/mol. The van der Waals surface area contributed by atoms with Crippen molar-refractivity contribution in [3.8, 4) is 0 Å². The van der Waals surface area contributed by atoms with Gasteiger partial charge in [-0.25, -0.2) is 4.79 Å². The van der Waals surface area contributed by atoms with Crippen LogP contribution in [0.1, 0.15) is 29.8 Å². The molecular formula is C12H17NO2. The van der Waals surface area contributed by atoms with Gasteiger partial charge in [0, 0.05) is 13.1 Å². The van der Waals surface area contributed by atoms with Gasteiger partial charge in [0.1, 0.15) is 0 Å². The molecule has 0 N–H and O–H groups in total. The first-order valence-corrected chi connectivity index (χ1v) is 5.21. The van der Waals surface area contributed by atoms with Crippen LogP contribution >= 0.6 is 0 Å². The van der Waals surface area contributed by atoms with E-state index >= 15 is 0 Å². The minimum Gasteiger partial charge on any atom is -0.364 e. The van der Waals surface area contributed by atoms with Gasteiger partial charge in [0.25, 0.3) is 0 Å². The lowest BCUT2D eigenvalue weighted by molar-refractivity contribution is -0.103. The molecule has 0 heterocycles. The SMILES string of the molecule is CCN(CC)OC(=O)c1cccc(C)c1. The van der Waals surface area contributed by atoms with Crippen LogP contribution in [-0.2, 0) is 4.84 Å². The van der Waals surface area contributed by atoms with E-state index in [-0.39, 0.29) is 5.97 Å². The van der Waals surface area contributed by atoms with E-state index in [0.29, 0.717) is 18.7 Å². The van der Waals surface area contributed by atoms with Crippen LogP contribution in [0.3, 0.4) is 0 Å². The van der Waals surface area contributed by atoms with Crippen molar-refractivity contribution in [3.05, 3.63) is 35.4 Å². The summed E-state index contributed by atoms with van der Waals surface area (Å²) in [7, 11) is 0. The van der Waals surface area contributed by atoms with Crippen LogP contribution in [0.15, 0.2) is 24.3 Å². The van der Waals surface area contributed by atoms with E-state index in [2.05, 4.69) is 0 Å². The van der Waals surface area contributed by atoms with Crippen molar-refractivity contribution in [1.82, 2.24) is 5.06 Å². The predicted octanol–water partition coefficient (Wildman–Crippen LogP) is 2.41. The van der Waals surface area contributed by atoms with E-state index in [1.54, 1.807) is 11.1 Å². The van der Waals surface area contributed by atoms with E-state index < -0.39 is 0 Å². The van der Waals surface area contributed by atoms with Crippen LogP contribution in [0.2, 0.25) is 0 Å². The molecule has 0 atom stereocenters. The number of hydrogen-bond acceptors (Lipinski definition) is 3. The fourth-order valence-electron chi connectivity index (χ4n) is 1.29. The summed E-state index contributed by atoms with van der Waals surface area (Å²) in [5.41, 5.74) is 1.66. The smallest absolute Gasteiger partial charge is 0.357 e. The number of carbonyl (C=O) groups excluding carboxylic acids is 1. The van der Waals surface area contributed by atoms with Crippen molar-refractivity contribution in [1.29, 1.82) is 0 Å². The van der Waals surface area contributed by atoms with Gasteiger partial charge in [-0.15, -0.1) is 5.06 Å². The van der Waals surface area contributed by atoms with Crippen LogP contribution < -0.4 is 0 Å². The molecule has 0 saturated heterocycles. The summed E-state index contributed by atoms with van der Waals surface area (Å²) in [5.74, 6) is -0.289. The van der Waals surface area contributed by atoms with Gasteiger partial charge in [-0.1, -0.05) is 17.7 Å². The molecule has 0 aliphatic heterocycles. The molecule has 0 bridgehead atoms. The molecule has 1 aromatic rings. The Bertz CT molecular complexity index is 332. The van der Waals surface area contributed by atoms with Crippen LogP contribution in [0.4, 0.5) is 0 Å². The topological polar surface area (TPSA) is 29.5 Å². The van der Waals surface area contributed by atoms with Gasteiger partial charge in [0.15, 0.2) is 0 Å². The zero-order valence-corrected chi connectivity index (χ0v) is 9.49.